The van der Waals surface area contributed by atoms with Crippen LogP contribution in [0.5, 0.6) is 5.75 Å². The molecular formula is C22H25N5O5. The van der Waals surface area contributed by atoms with E-state index in [-0.39, 0.29) is 18.9 Å². The summed E-state index contributed by atoms with van der Waals surface area (Å²) in [6.45, 7) is 1.59. The molecule has 3 rings (SSSR count). The van der Waals surface area contributed by atoms with Gasteiger partial charge in [-0.05, 0) is 42.3 Å². The quantitative estimate of drug-likeness (QED) is 0.493. The van der Waals surface area contributed by atoms with Crippen molar-refractivity contribution in [2.45, 2.75) is 25.4 Å². The third kappa shape index (κ3) is 5.20. The molecule has 1 aliphatic rings. The van der Waals surface area contributed by atoms with Gasteiger partial charge in [-0.1, -0.05) is 12.1 Å². The van der Waals surface area contributed by atoms with Crippen LogP contribution in [0.25, 0.3) is 0 Å². The Morgan fingerprint density at radius 2 is 1.75 bits per heavy atom. The van der Waals surface area contributed by atoms with Crippen LogP contribution in [0.4, 0.5) is 4.79 Å². The number of imide groups is 1. The molecule has 1 aromatic heterocycles. The Hall–Kier alpha value is -3.95. The molecule has 1 unspecified atom stereocenters. The lowest BCUT2D eigenvalue weighted by molar-refractivity contribution is -0.135. The lowest BCUT2D eigenvalue weighted by Crippen LogP contribution is -2.43. The van der Waals surface area contributed by atoms with E-state index in [0.29, 0.717) is 17.9 Å². The average molecular weight is 439 g/mol. The summed E-state index contributed by atoms with van der Waals surface area (Å²) >= 11 is 0. The SMILES string of the molecule is COc1ccc(C2(C)NC(=O)N(CC(=O)NCCC(=O)NCc3ccncc3)C2=O)cc1. The van der Waals surface area contributed by atoms with Crippen LogP contribution in [0.3, 0.4) is 0 Å². The Bertz CT molecular complexity index is 996. The number of carbonyl (C=O) groups excluding carboxylic acids is 4. The van der Waals surface area contributed by atoms with Gasteiger partial charge in [0.05, 0.1) is 7.11 Å². The number of nitrogens with zero attached hydrogens (tertiary/aromatic N) is 2. The first-order valence-electron chi connectivity index (χ1n) is 10.0. The third-order valence-corrected chi connectivity index (χ3v) is 5.16. The van der Waals surface area contributed by atoms with Gasteiger partial charge >= 0.3 is 6.03 Å². The van der Waals surface area contributed by atoms with E-state index in [1.165, 1.54) is 7.11 Å². The summed E-state index contributed by atoms with van der Waals surface area (Å²) in [7, 11) is 1.53. The van der Waals surface area contributed by atoms with Crippen molar-refractivity contribution >= 4 is 23.8 Å². The van der Waals surface area contributed by atoms with Gasteiger partial charge in [-0.2, -0.15) is 0 Å². The highest BCUT2D eigenvalue weighted by molar-refractivity contribution is 6.09. The highest BCUT2D eigenvalue weighted by atomic mass is 16.5. The minimum atomic E-state index is -1.28. The van der Waals surface area contributed by atoms with Crippen LogP contribution in [-0.4, -0.2) is 53.8 Å². The molecule has 0 aliphatic carbocycles. The van der Waals surface area contributed by atoms with E-state index in [4.69, 9.17) is 4.74 Å². The zero-order valence-electron chi connectivity index (χ0n) is 17.9. The number of methoxy groups -OCH3 is 1. The number of nitrogens with one attached hydrogen (secondary N) is 3. The first-order valence-corrected chi connectivity index (χ1v) is 10.0. The Morgan fingerprint density at radius 1 is 1.06 bits per heavy atom. The lowest BCUT2D eigenvalue weighted by Gasteiger charge is -2.22. The largest absolute Gasteiger partial charge is 0.497 e. The van der Waals surface area contributed by atoms with E-state index in [2.05, 4.69) is 20.9 Å². The van der Waals surface area contributed by atoms with Crippen LogP contribution in [-0.2, 0) is 26.5 Å². The van der Waals surface area contributed by atoms with Gasteiger partial charge in [0.2, 0.25) is 11.8 Å². The molecule has 5 amide bonds. The fourth-order valence-electron chi connectivity index (χ4n) is 3.27. The molecule has 3 N–H and O–H groups in total. The smallest absolute Gasteiger partial charge is 0.325 e. The first-order chi connectivity index (χ1) is 15.3. The topological polar surface area (TPSA) is 130 Å². The van der Waals surface area contributed by atoms with Crippen molar-refractivity contribution in [3.8, 4) is 5.75 Å². The number of carbonyl (C=O) groups is 4. The Kier molecular flexibility index (Phi) is 7.04. The molecule has 1 fully saturated rings. The molecule has 1 atom stereocenters. The van der Waals surface area contributed by atoms with Crippen molar-refractivity contribution in [2.75, 3.05) is 20.2 Å². The summed E-state index contributed by atoms with van der Waals surface area (Å²) in [5.41, 5.74) is 0.206. The van der Waals surface area contributed by atoms with Gasteiger partial charge in [0.1, 0.15) is 17.8 Å². The van der Waals surface area contributed by atoms with Gasteiger partial charge in [0.25, 0.3) is 5.91 Å². The first kappa shape index (κ1) is 22.7. The number of hydrogen-bond donors (Lipinski definition) is 3. The highest BCUT2D eigenvalue weighted by Gasteiger charge is 2.49. The van der Waals surface area contributed by atoms with Gasteiger partial charge in [-0.3, -0.25) is 24.3 Å². The highest BCUT2D eigenvalue weighted by Crippen LogP contribution is 2.29. The number of benzene rings is 1. The lowest BCUT2D eigenvalue weighted by atomic mass is 9.92. The van der Waals surface area contributed by atoms with Crippen molar-refractivity contribution in [1.29, 1.82) is 0 Å². The monoisotopic (exact) mass is 439 g/mol. The Labute approximate surface area is 185 Å². The van der Waals surface area contributed by atoms with Crippen molar-refractivity contribution < 1.29 is 23.9 Å². The standard InChI is InChI=1S/C22H25N5O5/c1-22(16-3-5-17(32-2)6-4-16)20(30)27(21(31)26-22)14-19(29)24-12-9-18(28)25-13-15-7-10-23-11-8-15/h3-8,10-11H,9,12-14H2,1-2H3,(H,24,29)(H,25,28)(H,26,31). The maximum Gasteiger partial charge on any atom is 0.325 e. The molecule has 2 heterocycles. The zero-order chi connectivity index (χ0) is 23.1. The number of urea groups is 1. The predicted molar refractivity (Wildman–Crippen MR) is 114 cm³/mol. The van der Waals surface area contributed by atoms with Crippen LogP contribution >= 0.6 is 0 Å². The summed E-state index contributed by atoms with van der Waals surface area (Å²) in [5, 5.41) is 7.95. The summed E-state index contributed by atoms with van der Waals surface area (Å²) in [6.07, 6.45) is 3.34. The van der Waals surface area contributed by atoms with E-state index in [1.54, 1.807) is 55.7 Å². The van der Waals surface area contributed by atoms with Crippen LogP contribution in [0.2, 0.25) is 0 Å². The molecule has 10 heteroatoms. The van der Waals surface area contributed by atoms with E-state index >= 15 is 0 Å². The van der Waals surface area contributed by atoms with Gasteiger partial charge in [-0.15, -0.1) is 0 Å². The van der Waals surface area contributed by atoms with Crippen LogP contribution in [0.15, 0.2) is 48.8 Å². The molecule has 10 nitrogen and oxygen atoms in total. The van der Waals surface area contributed by atoms with E-state index in [0.717, 1.165) is 10.5 Å². The zero-order valence-corrected chi connectivity index (χ0v) is 17.9. The third-order valence-electron chi connectivity index (χ3n) is 5.16. The molecule has 0 saturated carbocycles. The van der Waals surface area contributed by atoms with E-state index in [1.807, 2.05) is 0 Å². The predicted octanol–water partition coefficient (Wildman–Crippen LogP) is 0.680. The van der Waals surface area contributed by atoms with E-state index in [9.17, 15) is 19.2 Å². The number of hydrogen-bond acceptors (Lipinski definition) is 6. The molecule has 1 aliphatic heterocycles. The van der Waals surface area contributed by atoms with Crippen molar-refractivity contribution in [1.82, 2.24) is 25.8 Å². The molecule has 0 spiro atoms. The van der Waals surface area contributed by atoms with Gasteiger partial charge < -0.3 is 20.7 Å². The average Bonchev–Trinajstić information content (AvgIpc) is 3.02. The molecule has 32 heavy (non-hydrogen) atoms. The Balaban J connectivity index is 1.47. The van der Waals surface area contributed by atoms with E-state index < -0.39 is 29.9 Å². The molecule has 2 aromatic rings. The number of pyridine rings is 1. The molecule has 1 saturated heterocycles. The summed E-state index contributed by atoms with van der Waals surface area (Å²) in [6, 6.07) is 9.68. The Morgan fingerprint density at radius 3 is 2.41 bits per heavy atom. The van der Waals surface area contributed by atoms with Crippen LogP contribution in [0.1, 0.15) is 24.5 Å². The minimum absolute atomic E-state index is 0.0700. The number of ether oxygens (including phenoxy) is 1. The molecule has 1 aromatic carbocycles. The normalized spacial score (nSPS) is 17.6. The van der Waals surface area contributed by atoms with Gasteiger partial charge in [-0.25, -0.2) is 4.79 Å². The maximum atomic E-state index is 12.9. The molecular weight excluding hydrogens is 414 g/mol. The van der Waals surface area contributed by atoms with Gasteiger partial charge in [0, 0.05) is 31.9 Å². The van der Waals surface area contributed by atoms with Crippen molar-refractivity contribution in [3.63, 3.8) is 0 Å². The minimum Gasteiger partial charge on any atom is -0.497 e. The molecule has 0 radical (unpaired) electrons. The molecule has 168 valence electrons. The number of amides is 5. The summed E-state index contributed by atoms with van der Waals surface area (Å²) < 4.78 is 5.11. The fourth-order valence-corrected chi connectivity index (χ4v) is 3.27. The van der Waals surface area contributed by atoms with Gasteiger partial charge in [0.15, 0.2) is 0 Å². The summed E-state index contributed by atoms with van der Waals surface area (Å²) in [5.74, 6) is -0.674. The fraction of sp³-hybridized carbons (Fsp3) is 0.318. The van der Waals surface area contributed by atoms with Crippen molar-refractivity contribution in [2.24, 2.45) is 0 Å². The number of aromatic nitrogens is 1. The maximum absolute atomic E-state index is 12.9. The second-order valence-corrected chi connectivity index (χ2v) is 7.41. The number of rotatable bonds is 9. The van der Waals surface area contributed by atoms with Crippen LogP contribution < -0.4 is 20.7 Å². The summed E-state index contributed by atoms with van der Waals surface area (Å²) in [4.78, 5) is 54.2. The van der Waals surface area contributed by atoms with Crippen LogP contribution in [0, 0.1) is 0 Å². The second-order valence-electron chi connectivity index (χ2n) is 7.41. The molecule has 0 bridgehead atoms. The second kappa shape index (κ2) is 9.90. The van der Waals surface area contributed by atoms with Crippen molar-refractivity contribution in [3.05, 3.63) is 59.9 Å².